The zero-order valence-corrected chi connectivity index (χ0v) is 20.4. The van der Waals surface area contributed by atoms with Gasteiger partial charge in [-0.15, -0.1) is 0 Å². The van der Waals surface area contributed by atoms with Gasteiger partial charge in [0.1, 0.15) is 17.5 Å². The number of nitrogens with one attached hydrogen (secondary N) is 4. The third kappa shape index (κ3) is 8.27. The van der Waals surface area contributed by atoms with E-state index in [0.29, 0.717) is 25.3 Å². The number of carbonyl (C=O) groups is 3. The molecule has 0 atom stereocenters. The lowest BCUT2D eigenvalue weighted by Crippen LogP contribution is -2.28. The van der Waals surface area contributed by atoms with Gasteiger partial charge in [-0.3, -0.25) is 14.9 Å². The Labute approximate surface area is 212 Å². The molecule has 1 aromatic heterocycles. The smallest absolute Gasteiger partial charge is 0.320 e. The summed E-state index contributed by atoms with van der Waals surface area (Å²) < 4.78 is 32.4. The van der Waals surface area contributed by atoms with E-state index in [0.717, 1.165) is 23.8 Å². The number of aryl methyl sites for hydroxylation is 1. The molecule has 0 aliphatic rings. The summed E-state index contributed by atoms with van der Waals surface area (Å²) in [6.45, 7) is 4.21. The van der Waals surface area contributed by atoms with Crippen molar-refractivity contribution in [2.45, 2.75) is 26.7 Å². The Hall–Kier alpha value is -4.54. The summed E-state index contributed by atoms with van der Waals surface area (Å²) in [7, 11) is 0. The van der Waals surface area contributed by atoms with Crippen LogP contribution in [0.3, 0.4) is 0 Å². The Morgan fingerprint density at radius 1 is 0.919 bits per heavy atom. The average Bonchev–Trinajstić information content (AvgIpc) is 2.83. The summed E-state index contributed by atoms with van der Waals surface area (Å²) in [5, 5.41) is 10.6. The molecule has 0 saturated carbocycles. The standard InChI is InChI=1S/C26H27F2N5O4/c1-3-29-26(36)33-23-14-22(31-20-12-17(27)11-18(28)13-20)21(15-30-23)25(35)32-19-8-5-16(6-9-19)7-10-24(34)37-4-2/h5-6,8-9,11-15H,3-4,7,10H2,1-2H3,(H,32,35)(H3,29,30,31,33,36). The van der Waals surface area contributed by atoms with Crippen LogP contribution in [-0.4, -0.2) is 36.0 Å². The zero-order chi connectivity index (χ0) is 26.8. The zero-order valence-electron chi connectivity index (χ0n) is 20.4. The normalized spacial score (nSPS) is 10.4. The minimum Gasteiger partial charge on any atom is -0.466 e. The molecule has 3 aromatic rings. The van der Waals surface area contributed by atoms with Crippen molar-refractivity contribution in [3.8, 4) is 0 Å². The molecule has 37 heavy (non-hydrogen) atoms. The lowest BCUT2D eigenvalue weighted by Gasteiger charge is -2.14. The van der Waals surface area contributed by atoms with Gasteiger partial charge in [-0.1, -0.05) is 12.1 Å². The van der Waals surface area contributed by atoms with E-state index >= 15 is 0 Å². The fraction of sp³-hybridized carbons (Fsp3) is 0.231. The highest BCUT2D eigenvalue weighted by atomic mass is 19.1. The summed E-state index contributed by atoms with van der Waals surface area (Å²) in [6.07, 6.45) is 1.98. The number of rotatable bonds is 10. The van der Waals surface area contributed by atoms with E-state index in [9.17, 15) is 23.2 Å². The van der Waals surface area contributed by atoms with Crippen molar-refractivity contribution in [2.75, 3.05) is 29.1 Å². The first-order valence-corrected chi connectivity index (χ1v) is 11.6. The number of pyridine rings is 1. The fourth-order valence-electron chi connectivity index (χ4n) is 3.34. The number of amides is 3. The van der Waals surface area contributed by atoms with Gasteiger partial charge in [-0.2, -0.15) is 0 Å². The predicted octanol–water partition coefficient (Wildman–Crippen LogP) is 4.99. The number of benzene rings is 2. The van der Waals surface area contributed by atoms with Gasteiger partial charge in [0.2, 0.25) is 0 Å². The third-order valence-electron chi connectivity index (χ3n) is 5.00. The number of carbonyl (C=O) groups excluding carboxylic acids is 3. The summed E-state index contributed by atoms with van der Waals surface area (Å²) in [6, 6.07) is 10.7. The minimum atomic E-state index is -0.800. The van der Waals surface area contributed by atoms with Gasteiger partial charge >= 0.3 is 12.0 Å². The van der Waals surface area contributed by atoms with E-state index in [1.165, 1.54) is 12.3 Å². The van der Waals surface area contributed by atoms with Crippen LogP contribution in [0.25, 0.3) is 0 Å². The van der Waals surface area contributed by atoms with Gasteiger partial charge in [0.15, 0.2) is 0 Å². The molecule has 3 rings (SSSR count). The molecule has 1 heterocycles. The SMILES string of the molecule is CCNC(=O)Nc1cc(Nc2cc(F)cc(F)c2)c(C(=O)Nc2ccc(CCC(=O)OCC)cc2)cn1. The molecule has 9 nitrogen and oxygen atoms in total. The van der Waals surface area contributed by atoms with Crippen LogP contribution in [-0.2, 0) is 16.0 Å². The Balaban J connectivity index is 1.79. The van der Waals surface area contributed by atoms with Crippen LogP contribution in [0.15, 0.2) is 54.7 Å². The van der Waals surface area contributed by atoms with Crippen LogP contribution in [0.2, 0.25) is 0 Å². The van der Waals surface area contributed by atoms with Gasteiger partial charge < -0.3 is 20.7 Å². The molecule has 0 saturated heterocycles. The van der Waals surface area contributed by atoms with Crippen LogP contribution < -0.4 is 21.3 Å². The first-order valence-electron chi connectivity index (χ1n) is 11.6. The van der Waals surface area contributed by atoms with Gasteiger partial charge in [0, 0.05) is 42.7 Å². The van der Waals surface area contributed by atoms with Gasteiger partial charge in [-0.05, 0) is 50.1 Å². The first-order chi connectivity index (χ1) is 17.8. The Morgan fingerprint density at radius 2 is 1.62 bits per heavy atom. The van der Waals surface area contributed by atoms with Crippen LogP contribution in [0.4, 0.5) is 36.5 Å². The lowest BCUT2D eigenvalue weighted by molar-refractivity contribution is -0.143. The van der Waals surface area contributed by atoms with Crippen LogP contribution in [0.5, 0.6) is 0 Å². The molecule has 3 amide bonds. The third-order valence-corrected chi connectivity index (χ3v) is 5.00. The van der Waals surface area contributed by atoms with Crippen molar-refractivity contribution < 1.29 is 27.9 Å². The van der Waals surface area contributed by atoms with Gasteiger partial charge in [0.25, 0.3) is 5.91 Å². The minimum absolute atomic E-state index is 0.0627. The van der Waals surface area contributed by atoms with Crippen molar-refractivity contribution in [2.24, 2.45) is 0 Å². The molecule has 0 bridgehead atoms. The number of ether oxygens (including phenoxy) is 1. The summed E-state index contributed by atoms with van der Waals surface area (Å²) in [4.78, 5) is 40.6. The number of halogens is 2. The quantitative estimate of drug-likeness (QED) is 0.285. The van der Waals surface area contributed by atoms with Crippen LogP contribution >= 0.6 is 0 Å². The van der Waals surface area contributed by atoms with Crippen molar-refractivity contribution in [3.05, 3.63) is 77.5 Å². The second-order valence-corrected chi connectivity index (χ2v) is 7.84. The number of nitrogens with zero attached hydrogens (tertiary/aromatic N) is 1. The molecule has 4 N–H and O–H groups in total. The molecule has 0 spiro atoms. The number of aromatic nitrogens is 1. The molecular weight excluding hydrogens is 484 g/mol. The maximum Gasteiger partial charge on any atom is 0.320 e. The predicted molar refractivity (Wildman–Crippen MR) is 136 cm³/mol. The molecule has 11 heteroatoms. The summed E-state index contributed by atoms with van der Waals surface area (Å²) in [5.41, 5.74) is 1.67. The monoisotopic (exact) mass is 511 g/mol. The maximum absolute atomic E-state index is 13.7. The Bertz CT molecular complexity index is 1250. The van der Waals surface area contributed by atoms with Crippen molar-refractivity contribution in [1.82, 2.24) is 10.3 Å². The molecule has 0 aliphatic carbocycles. The maximum atomic E-state index is 13.7. The van der Waals surface area contributed by atoms with Gasteiger partial charge in [0.05, 0.1) is 17.9 Å². The van der Waals surface area contributed by atoms with Crippen molar-refractivity contribution in [1.29, 1.82) is 0 Å². The second kappa shape index (κ2) is 13.0. The van der Waals surface area contributed by atoms with Crippen molar-refractivity contribution >= 4 is 40.8 Å². The first kappa shape index (κ1) is 27.1. The number of hydrogen-bond acceptors (Lipinski definition) is 6. The fourth-order valence-corrected chi connectivity index (χ4v) is 3.34. The molecule has 0 unspecified atom stereocenters. The summed E-state index contributed by atoms with van der Waals surface area (Å²) in [5.74, 6) is -2.31. The topological polar surface area (TPSA) is 121 Å². The molecular formula is C26H27F2N5O4. The highest BCUT2D eigenvalue weighted by Gasteiger charge is 2.16. The largest absolute Gasteiger partial charge is 0.466 e. The van der Waals surface area contributed by atoms with Crippen LogP contribution in [0, 0.1) is 11.6 Å². The Kier molecular flexibility index (Phi) is 9.48. The Morgan fingerprint density at radius 3 is 2.27 bits per heavy atom. The summed E-state index contributed by atoms with van der Waals surface area (Å²) >= 11 is 0. The van der Waals surface area contributed by atoms with E-state index in [4.69, 9.17) is 4.74 Å². The second-order valence-electron chi connectivity index (χ2n) is 7.84. The molecule has 2 aromatic carbocycles. The lowest BCUT2D eigenvalue weighted by atomic mass is 10.1. The number of hydrogen-bond donors (Lipinski definition) is 4. The van der Waals surface area contributed by atoms with E-state index in [-0.39, 0.29) is 35.1 Å². The number of anilines is 4. The van der Waals surface area contributed by atoms with Crippen LogP contribution in [0.1, 0.15) is 36.2 Å². The van der Waals surface area contributed by atoms with Crippen molar-refractivity contribution in [3.63, 3.8) is 0 Å². The molecule has 0 fully saturated rings. The average molecular weight is 512 g/mol. The molecule has 0 aliphatic heterocycles. The molecule has 194 valence electrons. The highest BCUT2D eigenvalue weighted by molar-refractivity contribution is 6.08. The molecule has 0 radical (unpaired) electrons. The van der Waals surface area contributed by atoms with Gasteiger partial charge in [-0.25, -0.2) is 18.6 Å². The van der Waals surface area contributed by atoms with E-state index < -0.39 is 23.6 Å². The highest BCUT2D eigenvalue weighted by Crippen LogP contribution is 2.26. The van der Waals surface area contributed by atoms with E-state index in [1.807, 2.05) is 0 Å². The number of esters is 1. The number of urea groups is 1. The van der Waals surface area contributed by atoms with E-state index in [2.05, 4.69) is 26.3 Å². The van der Waals surface area contributed by atoms with E-state index in [1.54, 1.807) is 38.1 Å².